The van der Waals surface area contributed by atoms with Crippen LogP contribution in [0.1, 0.15) is 53.8 Å². The van der Waals surface area contributed by atoms with Gasteiger partial charge in [0.2, 0.25) is 0 Å². The molecule has 0 aliphatic carbocycles. The summed E-state index contributed by atoms with van der Waals surface area (Å²) in [4.78, 5) is 8.42. The number of nitrogens with zero attached hydrogens (tertiary/aromatic N) is 2. The third-order valence-electron chi connectivity index (χ3n) is 5.99. The highest BCUT2D eigenvalue weighted by Gasteiger charge is 2.25. The van der Waals surface area contributed by atoms with Crippen molar-refractivity contribution in [2.75, 3.05) is 25.7 Å². The van der Waals surface area contributed by atoms with Crippen LogP contribution in [0.15, 0.2) is 36.4 Å². The number of anilines is 1. The molecule has 4 nitrogen and oxygen atoms in total. The van der Waals surface area contributed by atoms with E-state index < -0.39 is 0 Å². The van der Waals surface area contributed by atoms with E-state index in [-0.39, 0.29) is 18.4 Å². The fourth-order valence-corrected chi connectivity index (χ4v) is 5.36. The summed E-state index contributed by atoms with van der Waals surface area (Å²) in [5.41, 5.74) is 5.10. The Morgan fingerprint density at radius 3 is 2.46 bits per heavy atom. The van der Waals surface area contributed by atoms with Crippen molar-refractivity contribution in [1.29, 1.82) is 0 Å². The molecule has 1 heterocycles. The van der Waals surface area contributed by atoms with Crippen molar-refractivity contribution >= 4 is 40.5 Å². The first-order chi connectivity index (χ1) is 16.4. The van der Waals surface area contributed by atoms with Gasteiger partial charge >= 0.3 is 0 Å². The number of methoxy groups -OCH3 is 2. The molecule has 0 bridgehead atoms. The van der Waals surface area contributed by atoms with Crippen LogP contribution < -0.4 is 9.64 Å². The molecule has 2 aromatic carbocycles. The molecule has 0 N–H and O–H groups in total. The van der Waals surface area contributed by atoms with Crippen molar-refractivity contribution in [1.82, 2.24) is 4.98 Å². The number of ether oxygens (including phenoxy) is 2. The van der Waals surface area contributed by atoms with Gasteiger partial charge in [-0.25, -0.2) is 4.98 Å². The van der Waals surface area contributed by atoms with Gasteiger partial charge in [0.05, 0.1) is 37.0 Å². The van der Waals surface area contributed by atoms with Gasteiger partial charge < -0.3 is 14.4 Å². The fourth-order valence-electron chi connectivity index (χ4n) is 4.14. The summed E-state index contributed by atoms with van der Waals surface area (Å²) < 4.78 is 10.7. The third-order valence-corrected chi connectivity index (χ3v) is 7.48. The molecule has 3 aromatic rings. The van der Waals surface area contributed by atoms with E-state index in [0.29, 0.717) is 18.2 Å². The van der Waals surface area contributed by atoms with Gasteiger partial charge in [0.15, 0.2) is 5.13 Å². The molecule has 7 heteroatoms. The van der Waals surface area contributed by atoms with E-state index in [1.807, 2.05) is 19.1 Å². The van der Waals surface area contributed by atoms with E-state index in [1.165, 1.54) is 5.56 Å². The molecule has 0 aliphatic rings. The van der Waals surface area contributed by atoms with Gasteiger partial charge in [0.25, 0.3) is 0 Å². The smallest absolute Gasteiger partial charge is 0.187 e. The van der Waals surface area contributed by atoms with Crippen LogP contribution in [-0.2, 0) is 11.3 Å². The van der Waals surface area contributed by atoms with Crippen LogP contribution in [0.25, 0.3) is 11.3 Å². The predicted molar refractivity (Wildman–Crippen MR) is 151 cm³/mol. The van der Waals surface area contributed by atoms with Crippen molar-refractivity contribution in [3.05, 3.63) is 63.0 Å². The second kappa shape index (κ2) is 13.8. The van der Waals surface area contributed by atoms with E-state index in [4.69, 9.17) is 32.5 Å². The van der Waals surface area contributed by atoms with Gasteiger partial charge in [-0.05, 0) is 43.5 Å². The van der Waals surface area contributed by atoms with E-state index >= 15 is 0 Å². The maximum atomic E-state index is 6.73. The number of unbranched alkanes of at least 4 members (excludes halogenated alkanes) is 1. The highest BCUT2D eigenvalue weighted by atomic mass is 35.5. The summed E-state index contributed by atoms with van der Waals surface area (Å²) in [6, 6.07) is 12.7. The van der Waals surface area contributed by atoms with Crippen molar-refractivity contribution in [3.63, 3.8) is 0 Å². The summed E-state index contributed by atoms with van der Waals surface area (Å²) in [6.45, 7) is 7.35. The quantitative estimate of drug-likeness (QED) is 0.234. The molecule has 35 heavy (non-hydrogen) atoms. The van der Waals surface area contributed by atoms with Gasteiger partial charge in [-0.3, -0.25) is 0 Å². The maximum Gasteiger partial charge on any atom is 0.187 e. The van der Waals surface area contributed by atoms with Gasteiger partial charge in [-0.15, -0.1) is 30.2 Å². The maximum absolute atomic E-state index is 6.73. The lowest BCUT2D eigenvalue weighted by atomic mass is 9.98. The Hall–Kier alpha value is -2.23. The largest absolute Gasteiger partial charge is 0.496 e. The number of halogens is 2. The Morgan fingerprint density at radius 1 is 1.14 bits per heavy atom. The fraction of sp³-hybridized carbons (Fsp3) is 0.393. The van der Waals surface area contributed by atoms with Crippen molar-refractivity contribution in [3.8, 4) is 29.4 Å². The molecule has 0 unspecified atom stereocenters. The van der Waals surface area contributed by atoms with Crippen LogP contribution in [0, 0.1) is 26.2 Å². The lowest BCUT2D eigenvalue weighted by molar-refractivity contribution is 0.185. The molecule has 0 saturated carbocycles. The van der Waals surface area contributed by atoms with Crippen LogP contribution in [0.4, 0.5) is 5.13 Å². The Bertz CT molecular complexity index is 1140. The molecule has 1 atom stereocenters. The molecule has 3 rings (SSSR count). The highest BCUT2D eigenvalue weighted by Crippen LogP contribution is 2.41. The lowest BCUT2D eigenvalue weighted by Gasteiger charge is -2.30. The Kier molecular flexibility index (Phi) is 11.4. The number of aromatic nitrogens is 1. The Labute approximate surface area is 225 Å². The van der Waals surface area contributed by atoms with Gasteiger partial charge in [0.1, 0.15) is 5.75 Å². The van der Waals surface area contributed by atoms with E-state index in [2.05, 4.69) is 48.9 Å². The number of aryl methyl sites for hydroxylation is 1. The van der Waals surface area contributed by atoms with E-state index in [1.54, 1.807) is 25.6 Å². The molecule has 0 amide bonds. The van der Waals surface area contributed by atoms with Crippen LogP contribution in [0.2, 0.25) is 5.02 Å². The monoisotopic (exact) mass is 532 g/mol. The van der Waals surface area contributed by atoms with Gasteiger partial charge in [-0.2, -0.15) is 0 Å². The van der Waals surface area contributed by atoms with Crippen LogP contribution in [0.3, 0.4) is 0 Å². The van der Waals surface area contributed by atoms with Crippen molar-refractivity contribution < 1.29 is 9.47 Å². The molecule has 0 radical (unpaired) electrons. The van der Waals surface area contributed by atoms with Crippen molar-refractivity contribution in [2.24, 2.45) is 0 Å². The summed E-state index contributed by atoms with van der Waals surface area (Å²) in [5, 5.41) is 1.58. The van der Waals surface area contributed by atoms with E-state index in [9.17, 15) is 0 Å². The Balaban J connectivity index is 0.00000432. The molecular weight excluding hydrogens is 499 g/mol. The number of thiazole rings is 1. The average molecular weight is 534 g/mol. The van der Waals surface area contributed by atoms with Crippen LogP contribution >= 0.6 is 35.3 Å². The highest BCUT2D eigenvalue weighted by molar-refractivity contribution is 7.16. The van der Waals surface area contributed by atoms with Crippen LogP contribution in [0.5, 0.6) is 5.75 Å². The summed E-state index contributed by atoms with van der Waals surface area (Å²) in [5.74, 6) is 3.63. The lowest BCUT2D eigenvalue weighted by Crippen LogP contribution is -2.29. The molecular formula is C28H34Cl2N2O2S. The molecule has 0 saturated heterocycles. The molecule has 188 valence electrons. The molecule has 0 fully saturated rings. The SMILES string of the molecule is C#CCN(c1nc(-c2ccc(OC)c(C)c2Cl)c(C)s1)[C@@H](CCCC)c1ccc(COC)cc1.Cl. The zero-order valence-electron chi connectivity index (χ0n) is 21.1. The number of rotatable bonds is 11. The molecule has 0 aliphatic heterocycles. The Morgan fingerprint density at radius 2 is 1.86 bits per heavy atom. The van der Waals surface area contributed by atoms with Gasteiger partial charge in [-0.1, -0.05) is 61.6 Å². The average Bonchev–Trinajstić information content (AvgIpc) is 3.22. The second-order valence-corrected chi connectivity index (χ2v) is 9.88. The molecule has 1 aromatic heterocycles. The van der Waals surface area contributed by atoms with E-state index in [0.717, 1.165) is 57.4 Å². The summed E-state index contributed by atoms with van der Waals surface area (Å²) in [6.07, 6.45) is 9.06. The number of benzene rings is 2. The zero-order chi connectivity index (χ0) is 24.7. The second-order valence-electron chi connectivity index (χ2n) is 8.32. The number of hydrogen-bond acceptors (Lipinski definition) is 5. The number of terminal acetylenes is 1. The third kappa shape index (κ3) is 6.71. The molecule has 0 spiro atoms. The predicted octanol–water partition coefficient (Wildman–Crippen LogP) is 8.03. The minimum Gasteiger partial charge on any atom is -0.496 e. The first-order valence-corrected chi connectivity index (χ1v) is 12.7. The first kappa shape index (κ1) is 29.0. The minimum absolute atomic E-state index is 0. The van der Waals surface area contributed by atoms with Gasteiger partial charge in [0, 0.05) is 23.1 Å². The normalized spacial score (nSPS) is 11.5. The zero-order valence-corrected chi connectivity index (χ0v) is 23.4. The summed E-state index contributed by atoms with van der Waals surface area (Å²) >= 11 is 8.39. The number of hydrogen-bond donors (Lipinski definition) is 0. The first-order valence-electron chi connectivity index (χ1n) is 11.5. The van der Waals surface area contributed by atoms with Crippen LogP contribution in [-0.4, -0.2) is 25.7 Å². The topological polar surface area (TPSA) is 34.6 Å². The summed E-state index contributed by atoms with van der Waals surface area (Å²) in [7, 11) is 3.37. The minimum atomic E-state index is 0. The van der Waals surface area contributed by atoms with Crippen molar-refractivity contribution in [2.45, 2.75) is 52.7 Å². The standard InChI is InChI=1S/C28H33ClN2O2S.ClH/c1-7-9-10-24(22-13-11-21(12-14-22)18-32-5)31(17-8-2)28-30-27(20(4)34-28)23-15-16-25(33-6)19(3)26(23)29;/h2,11-16,24H,7,9-10,17-18H2,1,3-6H3;1H/t24-;/m0./s1.